The summed E-state index contributed by atoms with van der Waals surface area (Å²) in [6.45, 7) is 2.08. The van der Waals surface area contributed by atoms with Gasteiger partial charge < -0.3 is 25.0 Å². The number of nitrogens with zero attached hydrogens (tertiary/aromatic N) is 1. The molecule has 0 aliphatic carbocycles. The van der Waals surface area contributed by atoms with E-state index >= 15 is 0 Å². The predicted molar refractivity (Wildman–Crippen MR) is 96.5 cm³/mol. The van der Waals surface area contributed by atoms with Crippen molar-refractivity contribution in [3.8, 4) is 11.5 Å². The Labute approximate surface area is 157 Å². The number of anilines is 1. The van der Waals surface area contributed by atoms with Crippen molar-refractivity contribution in [3.05, 3.63) is 18.2 Å². The molecule has 1 aromatic rings. The molecular weight excluding hydrogens is 358 g/mol. The first kappa shape index (κ1) is 17.4. The van der Waals surface area contributed by atoms with Crippen LogP contribution in [-0.2, 0) is 9.59 Å². The number of fused-ring (bicyclic) bond motifs is 1. The van der Waals surface area contributed by atoms with Crippen LogP contribution >= 0.6 is 11.6 Å². The van der Waals surface area contributed by atoms with Crippen molar-refractivity contribution in [1.82, 2.24) is 10.2 Å². The Kier molecular flexibility index (Phi) is 4.91. The molecule has 0 aromatic heterocycles. The fourth-order valence-electron chi connectivity index (χ4n) is 3.68. The molecular formula is C18H22ClN3O4. The van der Waals surface area contributed by atoms with Gasteiger partial charge in [-0.1, -0.05) is 0 Å². The summed E-state index contributed by atoms with van der Waals surface area (Å²) in [5.41, 5.74) is 0.695. The van der Waals surface area contributed by atoms with Gasteiger partial charge in [-0.3, -0.25) is 9.59 Å². The molecule has 0 bridgehead atoms. The van der Waals surface area contributed by atoms with E-state index in [-0.39, 0.29) is 35.9 Å². The molecule has 0 radical (unpaired) electrons. The van der Waals surface area contributed by atoms with Crippen molar-refractivity contribution in [1.29, 1.82) is 0 Å². The Bertz CT molecular complexity index is 706. The second-order valence-electron chi connectivity index (χ2n) is 6.95. The van der Waals surface area contributed by atoms with Crippen LogP contribution in [0.4, 0.5) is 5.69 Å². The Morgan fingerprint density at radius 3 is 2.69 bits per heavy atom. The number of likely N-dealkylation sites (tertiary alicyclic amines) is 1. The fourth-order valence-corrected chi connectivity index (χ4v) is 3.95. The molecule has 3 heterocycles. The van der Waals surface area contributed by atoms with Crippen LogP contribution in [0.1, 0.15) is 19.3 Å². The lowest BCUT2D eigenvalue weighted by Gasteiger charge is -2.33. The second-order valence-corrected chi connectivity index (χ2v) is 7.57. The Morgan fingerprint density at radius 2 is 1.96 bits per heavy atom. The average molecular weight is 380 g/mol. The van der Waals surface area contributed by atoms with Crippen LogP contribution in [-0.4, -0.2) is 54.6 Å². The summed E-state index contributed by atoms with van der Waals surface area (Å²) in [6.07, 6.45) is 2.00. The first-order valence-corrected chi connectivity index (χ1v) is 9.40. The van der Waals surface area contributed by atoms with Gasteiger partial charge in [0.25, 0.3) is 0 Å². The van der Waals surface area contributed by atoms with E-state index in [0.717, 1.165) is 0 Å². The number of carbonyl (C=O) groups excluding carboxylic acids is 2. The number of hydrogen-bond donors (Lipinski definition) is 2. The zero-order valence-electron chi connectivity index (χ0n) is 14.4. The zero-order valence-corrected chi connectivity index (χ0v) is 15.1. The third kappa shape index (κ3) is 3.59. The average Bonchev–Trinajstić information content (AvgIpc) is 3.29. The summed E-state index contributed by atoms with van der Waals surface area (Å²) < 4.78 is 10.6. The van der Waals surface area contributed by atoms with Crippen LogP contribution in [0.2, 0.25) is 0 Å². The summed E-state index contributed by atoms with van der Waals surface area (Å²) >= 11 is 6.06. The highest BCUT2D eigenvalue weighted by atomic mass is 35.5. The second kappa shape index (κ2) is 7.32. The Morgan fingerprint density at radius 1 is 1.19 bits per heavy atom. The number of hydrogen-bond acceptors (Lipinski definition) is 5. The van der Waals surface area contributed by atoms with E-state index in [1.165, 1.54) is 0 Å². The van der Waals surface area contributed by atoms with Crippen LogP contribution in [0.3, 0.4) is 0 Å². The van der Waals surface area contributed by atoms with Crippen LogP contribution < -0.4 is 20.1 Å². The highest BCUT2D eigenvalue weighted by Gasteiger charge is 2.34. The minimum atomic E-state index is -0.184. The molecule has 2 atom stereocenters. The topological polar surface area (TPSA) is 79.9 Å². The van der Waals surface area contributed by atoms with Crippen LogP contribution in [0.25, 0.3) is 0 Å². The summed E-state index contributed by atoms with van der Waals surface area (Å²) in [5.74, 6) is 1.32. The quantitative estimate of drug-likeness (QED) is 0.779. The normalized spacial score (nSPS) is 25.3. The molecule has 26 heavy (non-hydrogen) atoms. The molecule has 2 N–H and O–H groups in total. The van der Waals surface area contributed by atoms with Gasteiger partial charge in [0.15, 0.2) is 11.5 Å². The molecule has 4 rings (SSSR count). The molecule has 3 aliphatic heterocycles. The molecule has 3 aliphatic rings. The van der Waals surface area contributed by atoms with Gasteiger partial charge in [0.05, 0.1) is 6.04 Å². The largest absolute Gasteiger partial charge is 0.454 e. The number of carbonyl (C=O) groups is 2. The number of alkyl halides is 1. The van der Waals surface area contributed by atoms with Gasteiger partial charge >= 0.3 is 0 Å². The summed E-state index contributed by atoms with van der Waals surface area (Å²) in [6, 6.07) is 5.18. The minimum Gasteiger partial charge on any atom is -0.454 e. The van der Waals surface area contributed by atoms with Gasteiger partial charge in [-0.2, -0.15) is 0 Å². The van der Waals surface area contributed by atoms with Crippen molar-refractivity contribution in [3.63, 3.8) is 0 Å². The standard InChI is InChI=1S/C18H22ClN3O4/c19-12-7-14(20-9-12)18(24)22-5-3-11(4-6-22)17(23)21-13-1-2-15-16(8-13)26-10-25-15/h1-2,8,11-12,14,20H,3-7,9-10H2,(H,21,23). The van der Waals surface area contributed by atoms with Crippen molar-refractivity contribution in [2.24, 2.45) is 5.92 Å². The number of halogens is 1. The maximum atomic E-state index is 12.5. The van der Waals surface area contributed by atoms with Crippen molar-refractivity contribution >= 4 is 29.1 Å². The number of amides is 2. The predicted octanol–water partition coefficient (Wildman–Crippen LogP) is 1.56. The molecule has 7 nitrogen and oxygen atoms in total. The summed E-state index contributed by atoms with van der Waals surface area (Å²) in [4.78, 5) is 26.9. The molecule has 8 heteroatoms. The van der Waals surface area contributed by atoms with E-state index in [0.29, 0.717) is 56.1 Å². The van der Waals surface area contributed by atoms with Gasteiger partial charge in [0.2, 0.25) is 18.6 Å². The monoisotopic (exact) mass is 379 g/mol. The van der Waals surface area contributed by atoms with Gasteiger partial charge in [0, 0.05) is 42.7 Å². The van der Waals surface area contributed by atoms with Crippen molar-refractivity contribution in [2.75, 3.05) is 31.7 Å². The van der Waals surface area contributed by atoms with Crippen LogP contribution in [0, 0.1) is 5.92 Å². The lowest BCUT2D eigenvalue weighted by atomic mass is 9.95. The first-order chi connectivity index (χ1) is 12.6. The van der Waals surface area contributed by atoms with E-state index in [1.807, 2.05) is 4.90 Å². The van der Waals surface area contributed by atoms with Gasteiger partial charge in [-0.15, -0.1) is 11.6 Å². The van der Waals surface area contributed by atoms with Gasteiger partial charge in [-0.25, -0.2) is 0 Å². The summed E-state index contributed by atoms with van der Waals surface area (Å²) in [5, 5.41) is 6.13. The molecule has 0 spiro atoms. The van der Waals surface area contributed by atoms with Crippen molar-refractivity contribution < 1.29 is 19.1 Å². The molecule has 1 aromatic carbocycles. The lowest BCUT2D eigenvalue weighted by Crippen LogP contribution is -2.48. The molecule has 0 saturated carbocycles. The molecule has 2 unspecified atom stereocenters. The van der Waals surface area contributed by atoms with Crippen LogP contribution in [0.5, 0.6) is 11.5 Å². The number of ether oxygens (including phenoxy) is 2. The minimum absolute atomic E-state index is 0.0178. The van der Waals surface area contributed by atoms with E-state index in [2.05, 4.69) is 10.6 Å². The Balaban J connectivity index is 1.29. The highest BCUT2D eigenvalue weighted by molar-refractivity contribution is 6.21. The number of rotatable bonds is 3. The van der Waals surface area contributed by atoms with E-state index < -0.39 is 0 Å². The molecule has 2 saturated heterocycles. The molecule has 140 valence electrons. The number of nitrogens with one attached hydrogen (secondary N) is 2. The SMILES string of the molecule is O=C(Nc1ccc2c(c1)OCO2)C1CCN(C(=O)C2CC(Cl)CN2)CC1. The zero-order chi connectivity index (χ0) is 18.1. The third-order valence-corrected chi connectivity index (χ3v) is 5.53. The Hall–Kier alpha value is -1.99. The van der Waals surface area contributed by atoms with E-state index in [4.69, 9.17) is 21.1 Å². The fraction of sp³-hybridized carbons (Fsp3) is 0.556. The highest BCUT2D eigenvalue weighted by Crippen LogP contribution is 2.34. The maximum Gasteiger partial charge on any atom is 0.239 e. The maximum absolute atomic E-state index is 12.5. The smallest absolute Gasteiger partial charge is 0.239 e. The van der Waals surface area contributed by atoms with E-state index in [9.17, 15) is 9.59 Å². The molecule has 2 amide bonds. The van der Waals surface area contributed by atoms with Crippen LogP contribution in [0.15, 0.2) is 18.2 Å². The van der Waals surface area contributed by atoms with Crippen molar-refractivity contribution in [2.45, 2.75) is 30.7 Å². The van der Waals surface area contributed by atoms with E-state index in [1.54, 1.807) is 18.2 Å². The van der Waals surface area contributed by atoms with Gasteiger partial charge in [0.1, 0.15) is 0 Å². The third-order valence-electron chi connectivity index (χ3n) is 5.19. The number of benzene rings is 1. The number of piperidine rings is 1. The molecule has 2 fully saturated rings. The lowest BCUT2D eigenvalue weighted by molar-refractivity contribution is -0.136. The first-order valence-electron chi connectivity index (χ1n) is 8.97. The summed E-state index contributed by atoms with van der Waals surface area (Å²) in [7, 11) is 0. The van der Waals surface area contributed by atoms with Gasteiger partial charge in [-0.05, 0) is 31.4 Å².